The molecule has 0 spiro atoms. The van der Waals surface area contributed by atoms with Gasteiger partial charge >= 0.3 is 0 Å². The molecule has 1 aromatic heterocycles. The van der Waals surface area contributed by atoms with Gasteiger partial charge in [0, 0.05) is 82.1 Å². The molecule has 2 aromatic carbocycles. The Kier molecular flexibility index (Phi) is 11.5. The molecule has 2 heterocycles. The number of nitrogens with one attached hydrogen (secondary N) is 2. The van der Waals surface area contributed by atoms with Crippen molar-refractivity contribution in [1.29, 1.82) is 0 Å². The van der Waals surface area contributed by atoms with Crippen LogP contribution in [0.25, 0.3) is 10.9 Å². The first kappa shape index (κ1) is 32.4. The van der Waals surface area contributed by atoms with Crippen molar-refractivity contribution in [3.8, 4) is 17.2 Å². The Morgan fingerprint density at radius 2 is 1.58 bits per heavy atom. The summed E-state index contributed by atoms with van der Waals surface area (Å²) in [6, 6.07) is 10.5. The van der Waals surface area contributed by atoms with Crippen molar-refractivity contribution in [2.24, 2.45) is 0 Å². The van der Waals surface area contributed by atoms with Crippen LogP contribution in [0.1, 0.15) is 18.4 Å². The molecule has 3 aromatic rings. The fourth-order valence-electron chi connectivity index (χ4n) is 5.29. The van der Waals surface area contributed by atoms with Gasteiger partial charge in [-0.15, -0.1) is 0 Å². The van der Waals surface area contributed by atoms with Crippen molar-refractivity contribution in [1.82, 2.24) is 24.7 Å². The minimum Gasteiger partial charge on any atom is -0.493 e. The average Bonchev–Trinajstić information content (AvgIpc) is 2.97. The highest BCUT2D eigenvalue weighted by Crippen LogP contribution is 2.36. The third kappa shape index (κ3) is 8.75. The molecular formula is C32H50N8O3. The van der Waals surface area contributed by atoms with Crippen LogP contribution in [0, 0.1) is 0 Å². The first-order chi connectivity index (χ1) is 20.7. The summed E-state index contributed by atoms with van der Waals surface area (Å²) in [6.07, 6.45) is 2.01. The largest absolute Gasteiger partial charge is 0.493 e. The predicted molar refractivity (Wildman–Crippen MR) is 176 cm³/mol. The molecule has 0 radical (unpaired) electrons. The first-order valence-corrected chi connectivity index (χ1v) is 15.1. The Hall–Kier alpha value is -3.54. The zero-order valence-electron chi connectivity index (χ0n) is 27.2. The quantitative estimate of drug-likeness (QED) is 0.270. The standard InChI is InChI=1S/C32H50N8O3/c1-37(2)17-14-33-32-35-26-21-30(42-8)29(41-7)20-24(26)31(36-32)34-23-12-15-40(16-13-23)22-25-27(39(5)6)10-9-11-28(25)43-19-18-38(3)4/h9-11,20-21,23H,12-19,22H2,1-8H3,(H2,33,34,35,36). The highest BCUT2D eigenvalue weighted by molar-refractivity contribution is 5.92. The number of likely N-dealkylation sites (tertiary alicyclic amines) is 1. The molecule has 11 nitrogen and oxygen atoms in total. The fourth-order valence-corrected chi connectivity index (χ4v) is 5.29. The lowest BCUT2D eigenvalue weighted by molar-refractivity contribution is 0.205. The number of nitrogens with zero attached hydrogens (tertiary/aromatic N) is 6. The number of rotatable bonds is 15. The SMILES string of the molecule is COc1cc2nc(NCCN(C)C)nc(NC3CCN(Cc4c(OCCN(C)C)cccc4N(C)C)CC3)c2cc1OC. The van der Waals surface area contributed by atoms with E-state index in [2.05, 4.69) is 90.7 Å². The Bertz CT molecular complexity index is 1330. The van der Waals surface area contributed by atoms with Crippen LogP contribution in [0.4, 0.5) is 17.5 Å². The van der Waals surface area contributed by atoms with Gasteiger partial charge < -0.3 is 39.5 Å². The lowest BCUT2D eigenvalue weighted by atomic mass is 10.0. The van der Waals surface area contributed by atoms with Gasteiger partial charge in [0.2, 0.25) is 5.95 Å². The van der Waals surface area contributed by atoms with Crippen LogP contribution in [-0.2, 0) is 6.54 Å². The summed E-state index contributed by atoms with van der Waals surface area (Å²) in [4.78, 5) is 18.7. The Morgan fingerprint density at radius 3 is 2.23 bits per heavy atom. The highest BCUT2D eigenvalue weighted by Gasteiger charge is 2.24. The highest BCUT2D eigenvalue weighted by atomic mass is 16.5. The van der Waals surface area contributed by atoms with E-state index in [1.165, 1.54) is 11.3 Å². The number of piperidine rings is 1. The van der Waals surface area contributed by atoms with E-state index in [-0.39, 0.29) is 6.04 Å². The zero-order chi connectivity index (χ0) is 30.9. The van der Waals surface area contributed by atoms with Gasteiger partial charge in [0.1, 0.15) is 18.2 Å². The summed E-state index contributed by atoms with van der Waals surface area (Å²) in [5, 5.41) is 8.05. The molecule has 11 heteroatoms. The van der Waals surface area contributed by atoms with Crippen LogP contribution in [0.15, 0.2) is 30.3 Å². The fraction of sp³-hybridized carbons (Fsp3) is 0.562. The Morgan fingerprint density at radius 1 is 0.884 bits per heavy atom. The van der Waals surface area contributed by atoms with Crippen molar-refractivity contribution in [3.05, 3.63) is 35.9 Å². The molecule has 0 bridgehead atoms. The van der Waals surface area contributed by atoms with Gasteiger partial charge in [0.15, 0.2) is 11.5 Å². The molecule has 0 atom stereocenters. The third-order valence-corrected chi connectivity index (χ3v) is 7.74. The lowest BCUT2D eigenvalue weighted by Crippen LogP contribution is -2.39. The number of methoxy groups -OCH3 is 2. The number of aromatic nitrogens is 2. The lowest BCUT2D eigenvalue weighted by Gasteiger charge is -2.34. The Balaban J connectivity index is 1.49. The maximum absolute atomic E-state index is 6.26. The van der Waals surface area contributed by atoms with Gasteiger partial charge in [-0.1, -0.05) is 6.07 Å². The number of ether oxygens (including phenoxy) is 3. The van der Waals surface area contributed by atoms with Gasteiger partial charge in [0.05, 0.1) is 19.7 Å². The molecule has 0 aliphatic carbocycles. The summed E-state index contributed by atoms with van der Waals surface area (Å²) in [6.45, 7) is 5.98. The van der Waals surface area contributed by atoms with E-state index in [1.54, 1.807) is 14.2 Å². The van der Waals surface area contributed by atoms with E-state index in [4.69, 9.17) is 24.2 Å². The molecule has 43 heavy (non-hydrogen) atoms. The second-order valence-corrected chi connectivity index (χ2v) is 11.8. The molecule has 1 aliphatic heterocycles. The number of likely N-dealkylation sites (N-methyl/N-ethyl adjacent to an activating group) is 2. The number of benzene rings is 2. The summed E-state index contributed by atoms with van der Waals surface area (Å²) in [5.74, 6) is 3.69. The van der Waals surface area contributed by atoms with Crippen LogP contribution in [0.2, 0.25) is 0 Å². The predicted octanol–water partition coefficient (Wildman–Crippen LogP) is 3.70. The molecular weight excluding hydrogens is 544 g/mol. The zero-order valence-corrected chi connectivity index (χ0v) is 27.2. The first-order valence-electron chi connectivity index (χ1n) is 15.1. The summed E-state index contributed by atoms with van der Waals surface area (Å²) in [7, 11) is 15.7. The molecule has 0 amide bonds. The molecule has 236 valence electrons. The third-order valence-electron chi connectivity index (χ3n) is 7.74. The second kappa shape index (κ2) is 15.3. The van der Waals surface area contributed by atoms with Crippen molar-refractivity contribution >= 4 is 28.4 Å². The van der Waals surface area contributed by atoms with Crippen LogP contribution >= 0.6 is 0 Å². The molecule has 4 rings (SSSR count). The molecule has 1 aliphatic rings. The van der Waals surface area contributed by atoms with E-state index >= 15 is 0 Å². The van der Waals surface area contributed by atoms with Gasteiger partial charge in [-0.2, -0.15) is 4.98 Å². The Labute approximate surface area is 257 Å². The van der Waals surface area contributed by atoms with E-state index < -0.39 is 0 Å². The average molecular weight is 595 g/mol. The van der Waals surface area contributed by atoms with Gasteiger partial charge in [-0.3, -0.25) is 4.90 Å². The molecule has 2 N–H and O–H groups in total. The molecule has 1 fully saturated rings. The topological polar surface area (TPSA) is 90.5 Å². The summed E-state index contributed by atoms with van der Waals surface area (Å²) in [5.41, 5.74) is 3.25. The monoisotopic (exact) mass is 594 g/mol. The normalized spacial score (nSPS) is 14.4. The number of hydrogen-bond donors (Lipinski definition) is 2. The number of fused-ring (bicyclic) bond motifs is 1. The molecule has 1 saturated heterocycles. The van der Waals surface area contributed by atoms with Crippen LogP contribution in [0.5, 0.6) is 17.2 Å². The molecule has 0 unspecified atom stereocenters. The van der Waals surface area contributed by atoms with Crippen molar-refractivity contribution in [2.75, 3.05) is 111 Å². The van der Waals surface area contributed by atoms with Gasteiger partial charge in [0.25, 0.3) is 0 Å². The van der Waals surface area contributed by atoms with Crippen molar-refractivity contribution in [2.45, 2.75) is 25.4 Å². The second-order valence-electron chi connectivity index (χ2n) is 11.8. The van der Waals surface area contributed by atoms with Crippen molar-refractivity contribution in [3.63, 3.8) is 0 Å². The van der Waals surface area contributed by atoms with Gasteiger partial charge in [-0.05, 0) is 59.2 Å². The van der Waals surface area contributed by atoms with Crippen molar-refractivity contribution < 1.29 is 14.2 Å². The van der Waals surface area contributed by atoms with Crippen LogP contribution < -0.4 is 29.7 Å². The smallest absolute Gasteiger partial charge is 0.225 e. The van der Waals surface area contributed by atoms with E-state index in [0.29, 0.717) is 24.1 Å². The maximum atomic E-state index is 6.26. The van der Waals surface area contributed by atoms with Crippen LogP contribution in [0.3, 0.4) is 0 Å². The molecule has 0 saturated carbocycles. The van der Waals surface area contributed by atoms with Crippen LogP contribution in [-0.4, -0.2) is 127 Å². The van der Waals surface area contributed by atoms with E-state index in [0.717, 1.165) is 74.6 Å². The number of anilines is 3. The maximum Gasteiger partial charge on any atom is 0.225 e. The summed E-state index contributed by atoms with van der Waals surface area (Å²) >= 11 is 0. The summed E-state index contributed by atoms with van der Waals surface area (Å²) < 4.78 is 17.4. The van der Waals surface area contributed by atoms with E-state index in [1.807, 2.05) is 12.1 Å². The minimum absolute atomic E-state index is 0.289. The van der Waals surface area contributed by atoms with E-state index in [9.17, 15) is 0 Å². The minimum atomic E-state index is 0.289. The number of hydrogen-bond acceptors (Lipinski definition) is 11. The van der Waals surface area contributed by atoms with Gasteiger partial charge in [-0.25, -0.2) is 4.98 Å².